The molecule has 0 aromatic rings. The molecular weight excluding hydrogens is 928 g/mol. The van der Waals surface area contributed by atoms with Crippen molar-refractivity contribution < 1.29 is 155 Å². The average Bonchev–Trinajstić information content (AvgIpc) is 3.32. The number of hydrogen-bond acceptors (Lipinski definition) is 31. The Hall–Kier alpha value is -1.24. The SMILES string of the molecule is OC[C@@H](O)[C@@H](O[C@@H]1O[C@H](CO)[C@H](O)[C@H](O[C@@H]2O[C@H](CO)[C@H](O)[C@H](O[C@@H]3O[C@H](CO)[C@H](O)[C@H](O[C@@H]4O[C@H](CO)[C@H](O)[C@H](O[C@@H]5O[C@H](CO)[C@H](O)[C@H](O)[C@H]5O)[C@H]4O)[C@H]3O)[C@H]2O)[C@H]1O)[C@H](O)[C@@H](O)CO. The van der Waals surface area contributed by atoms with E-state index >= 15 is 0 Å². The summed E-state index contributed by atoms with van der Waals surface area (Å²) in [5.74, 6) is 0. The molecule has 31 nitrogen and oxygen atoms in total. The predicted molar refractivity (Wildman–Crippen MR) is 201 cm³/mol. The first-order chi connectivity index (χ1) is 31.7. The standard InChI is InChI=1S/C36H64O31/c37-1-8(44)15(46)27(9(45)2-38)63-33-23(54)29(18(49)11(4-40)59-33)65-35-25(56)31(20(51)13(6-42)61-35)67-36-26(57)30(19(50)14(7-43)62-36)66-34-24(55)28(17(48)12(5-41)60-34)64-32-22(53)21(52)16(47)10(3-39)58-32/h8-57H,1-7H2/t8-,9+,10+,11+,12+,13+,14+,15+,16-,17-,18-,19-,20-,21-,22+,23+,24+,25+,26+,27+,28-,29-,30-,31-,32-,33-,34-,35-,36-/m0/s1. The molecule has 31 heteroatoms. The minimum Gasteiger partial charge on any atom is -0.394 e. The number of hydrogen-bond donors (Lipinski definition) is 21. The smallest absolute Gasteiger partial charge is 0.187 e. The third-order valence-electron chi connectivity index (χ3n) is 12.1. The van der Waals surface area contributed by atoms with E-state index in [1.807, 2.05) is 0 Å². The molecule has 5 aliphatic rings. The Bertz CT molecular complexity index is 1460. The summed E-state index contributed by atoms with van der Waals surface area (Å²) in [5.41, 5.74) is 0. The molecule has 0 radical (unpaired) electrons. The lowest BCUT2D eigenvalue weighted by Crippen LogP contribution is -2.68. The van der Waals surface area contributed by atoms with Crippen molar-refractivity contribution in [1.82, 2.24) is 0 Å². The van der Waals surface area contributed by atoms with Gasteiger partial charge >= 0.3 is 0 Å². The van der Waals surface area contributed by atoms with E-state index in [9.17, 15) is 107 Å². The summed E-state index contributed by atoms with van der Waals surface area (Å²) in [6.07, 6.45) is -57.9. The van der Waals surface area contributed by atoms with Crippen LogP contribution in [-0.2, 0) is 47.4 Å². The van der Waals surface area contributed by atoms with E-state index in [1.165, 1.54) is 0 Å². The van der Waals surface area contributed by atoms with Crippen LogP contribution in [0.3, 0.4) is 0 Å². The van der Waals surface area contributed by atoms with E-state index in [0.29, 0.717) is 0 Å². The van der Waals surface area contributed by atoms with Gasteiger partial charge in [-0.15, -0.1) is 0 Å². The van der Waals surface area contributed by atoms with Gasteiger partial charge in [0.2, 0.25) is 0 Å². The van der Waals surface area contributed by atoms with Gasteiger partial charge in [-0.2, -0.15) is 0 Å². The first-order valence-electron chi connectivity index (χ1n) is 21.1. The van der Waals surface area contributed by atoms with Crippen molar-refractivity contribution >= 4 is 0 Å². The molecule has 0 spiro atoms. The fourth-order valence-corrected chi connectivity index (χ4v) is 8.09. The molecule has 5 saturated heterocycles. The molecule has 0 aliphatic carbocycles. The van der Waals surface area contributed by atoms with E-state index < -0.39 is 224 Å². The van der Waals surface area contributed by atoms with Crippen LogP contribution in [0.5, 0.6) is 0 Å². The Morgan fingerprint density at radius 3 is 0.881 bits per heavy atom. The van der Waals surface area contributed by atoms with Crippen molar-refractivity contribution in [2.45, 2.75) is 178 Å². The number of aliphatic hydroxyl groups is 21. The van der Waals surface area contributed by atoms with E-state index in [2.05, 4.69) is 0 Å². The predicted octanol–water partition coefficient (Wildman–Crippen LogP) is -14.5. The first kappa shape index (κ1) is 56.7. The number of rotatable bonds is 20. The lowest BCUT2D eigenvalue weighted by Gasteiger charge is -2.50. The summed E-state index contributed by atoms with van der Waals surface area (Å²) < 4.78 is 55.2. The quantitative estimate of drug-likeness (QED) is 0.0538. The lowest BCUT2D eigenvalue weighted by atomic mass is 9.95. The summed E-state index contributed by atoms with van der Waals surface area (Å²) in [4.78, 5) is 0. The molecule has 0 unspecified atom stereocenters. The lowest BCUT2D eigenvalue weighted by molar-refractivity contribution is -0.396. The minimum absolute atomic E-state index is 0.880. The van der Waals surface area contributed by atoms with Crippen LogP contribution in [0.1, 0.15) is 0 Å². The van der Waals surface area contributed by atoms with Gasteiger partial charge in [-0.05, 0) is 0 Å². The molecule has 67 heavy (non-hydrogen) atoms. The molecule has 0 amide bonds. The monoisotopic (exact) mass is 992 g/mol. The van der Waals surface area contributed by atoms with Gasteiger partial charge in [-0.1, -0.05) is 0 Å². The van der Waals surface area contributed by atoms with Crippen molar-refractivity contribution in [3.63, 3.8) is 0 Å². The molecule has 5 fully saturated rings. The molecule has 5 heterocycles. The Morgan fingerprint density at radius 2 is 0.582 bits per heavy atom. The average molecular weight is 993 g/mol. The van der Waals surface area contributed by atoms with Crippen LogP contribution < -0.4 is 0 Å². The molecule has 0 bridgehead atoms. The highest BCUT2D eigenvalue weighted by Gasteiger charge is 2.57. The molecular formula is C36H64O31. The van der Waals surface area contributed by atoms with Gasteiger partial charge in [0.15, 0.2) is 31.5 Å². The number of ether oxygens (including phenoxy) is 10. The summed E-state index contributed by atoms with van der Waals surface area (Å²) in [5, 5.41) is 220. The first-order valence-corrected chi connectivity index (χ1v) is 21.1. The molecule has 394 valence electrons. The Labute approximate surface area is 378 Å². The molecule has 21 N–H and O–H groups in total. The minimum atomic E-state index is -2.28. The van der Waals surface area contributed by atoms with Crippen LogP contribution in [0.15, 0.2) is 0 Å². The van der Waals surface area contributed by atoms with E-state index in [0.717, 1.165) is 0 Å². The number of aliphatic hydroxyl groups excluding tert-OH is 21. The van der Waals surface area contributed by atoms with Crippen molar-refractivity contribution in [3.8, 4) is 0 Å². The maximum Gasteiger partial charge on any atom is 0.187 e. The summed E-state index contributed by atoms with van der Waals surface area (Å²) in [6.45, 7) is -7.16. The van der Waals surface area contributed by atoms with Crippen molar-refractivity contribution in [1.29, 1.82) is 0 Å². The molecule has 0 saturated carbocycles. The molecule has 5 rings (SSSR count). The maximum absolute atomic E-state index is 11.5. The van der Waals surface area contributed by atoms with Crippen LogP contribution in [-0.4, -0.2) is 331 Å². The zero-order valence-electron chi connectivity index (χ0n) is 35.2. The topological polar surface area (TPSA) is 517 Å². The van der Waals surface area contributed by atoms with Crippen LogP contribution in [0.2, 0.25) is 0 Å². The highest BCUT2D eigenvalue weighted by Crippen LogP contribution is 2.36. The fraction of sp³-hybridized carbons (Fsp3) is 1.00. The summed E-state index contributed by atoms with van der Waals surface area (Å²) in [6, 6.07) is 0. The van der Waals surface area contributed by atoms with Gasteiger partial charge in [0.05, 0.1) is 46.2 Å². The van der Waals surface area contributed by atoms with Crippen LogP contribution in [0.25, 0.3) is 0 Å². The van der Waals surface area contributed by atoms with Crippen LogP contribution >= 0.6 is 0 Å². The Kier molecular flexibility index (Phi) is 21.1. The zero-order valence-corrected chi connectivity index (χ0v) is 35.2. The van der Waals surface area contributed by atoms with Gasteiger partial charge in [0, 0.05) is 0 Å². The Balaban J connectivity index is 1.35. The third-order valence-corrected chi connectivity index (χ3v) is 12.1. The summed E-state index contributed by atoms with van der Waals surface area (Å²) >= 11 is 0. The molecule has 5 aliphatic heterocycles. The molecule has 0 aromatic carbocycles. The van der Waals surface area contributed by atoms with Crippen LogP contribution in [0, 0.1) is 0 Å². The normalized spacial score (nSPS) is 48.4. The van der Waals surface area contributed by atoms with Crippen molar-refractivity contribution in [2.75, 3.05) is 46.2 Å². The molecule has 29 atom stereocenters. The second kappa shape index (κ2) is 24.9. The van der Waals surface area contributed by atoms with Crippen molar-refractivity contribution in [3.05, 3.63) is 0 Å². The highest BCUT2D eigenvalue weighted by atomic mass is 16.8. The second-order valence-electron chi connectivity index (χ2n) is 16.5. The van der Waals surface area contributed by atoms with Crippen LogP contribution in [0.4, 0.5) is 0 Å². The largest absolute Gasteiger partial charge is 0.394 e. The third kappa shape index (κ3) is 12.2. The summed E-state index contributed by atoms with van der Waals surface area (Å²) in [7, 11) is 0. The van der Waals surface area contributed by atoms with E-state index in [4.69, 9.17) is 47.4 Å². The maximum atomic E-state index is 11.5. The van der Waals surface area contributed by atoms with Gasteiger partial charge in [-0.25, -0.2) is 0 Å². The van der Waals surface area contributed by atoms with Gasteiger partial charge in [0.1, 0.15) is 146 Å². The van der Waals surface area contributed by atoms with Crippen molar-refractivity contribution in [2.24, 2.45) is 0 Å². The Morgan fingerprint density at radius 1 is 0.313 bits per heavy atom. The van der Waals surface area contributed by atoms with Gasteiger partial charge < -0.3 is 155 Å². The molecule has 0 aromatic heterocycles. The van der Waals surface area contributed by atoms with Gasteiger partial charge in [-0.3, -0.25) is 0 Å². The van der Waals surface area contributed by atoms with E-state index in [-0.39, 0.29) is 0 Å². The second-order valence-corrected chi connectivity index (χ2v) is 16.5. The van der Waals surface area contributed by atoms with E-state index in [1.54, 1.807) is 0 Å². The zero-order chi connectivity index (χ0) is 49.8. The highest BCUT2D eigenvalue weighted by molar-refractivity contribution is 4.99. The fourth-order valence-electron chi connectivity index (χ4n) is 8.09. The van der Waals surface area contributed by atoms with Gasteiger partial charge in [0.25, 0.3) is 0 Å².